The topological polar surface area (TPSA) is 57.9 Å². The molecule has 90 valence electrons. The van der Waals surface area contributed by atoms with Crippen LogP contribution in [0, 0.1) is 11.3 Å². The monoisotopic (exact) mass is 231 g/mol. The van der Waals surface area contributed by atoms with Crippen molar-refractivity contribution in [3.05, 3.63) is 24.0 Å². The Balaban J connectivity index is 1.68. The Morgan fingerprint density at radius 3 is 3.06 bits per heavy atom. The summed E-state index contributed by atoms with van der Waals surface area (Å²) in [7, 11) is 0. The molecule has 2 rings (SSSR count). The van der Waals surface area contributed by atoms with Gasteiger partial charge in [-0.05, 0) is 25.0 Å². The summed E-state index contributed by atoms with van der Waals surface area (Å²) in [6, 6.07) is 5.62. The van der Waals surface area contributed by atoms with Crippen molar-refractivity contribution in [1.82, 2.24) is 4.98 Å². The molecule has 0 unspecified atom stereocenters. The van der Waals surface area contributed by atoms with Gasteiger partial charge in [-0.3, -0.25) is 0 Å². The van der Waals surface area contributed by atoms with Crippen LogP contribution in [0.1, 0.15) is 31.4 Å². The highest BCUT2D eigenvalue weighted by Crippen LogP contribution is 2.20. The minimum atomic E-state index is 0.437. The summed E-state index contributed by atoms with van der Waals surface area (Å²) < 4.78 is 5.74. The number of hydrogen-bond donors (Lipinski definition) is 1. The van der Waals surface area contributed by atoms with Crippen LogP contribution in [0.3, 0.4) is 0 Å². The minimum absolute atomic E-state index is 0.437. The summed E-state index contributed by atoms with van der Waals surface area (Å²) in [4.78, 5) is 3.92. The smallest absolute Gasteiger partial charge is 0.142 e. The molecule has 1 aromatic heterocycles. The number of nitrogens with zero attached hydrogens (tertiary/aromatic N) is 2. The normalized spacial score (nSPS) is 15.7. The van der Waals surface area contributed by atoms with Crippen LogP contribution < -0.4 is 5.32 Å². The Labute approximate surface area is 102 Å². The van der Waals surface area contributed by atoms with E-state index in [0.29, 0.717) is 11.8 Å². The van der Waals surface area contributed by atoms with Gasteiger partial charge in [0.15, 0.2) is 0 Å². The summed E-state index contributed by atoms with van der Waals surface area (Å²) in [6.07, 6.45) is 7.10. The Hall–Kier alpha value is -1.60. The second kappa shape index (κ2) is 6.21. The van der Waals surface area contributed by atoms with E-state index in [-0.39, 0.29) is 0 Å². The molecule has 0 atom stereocenters. The lowest BCUT2D eigenvalue weighted by atomic mass is 10.3. The van der Waals surface area contributed by atoms with Gasteiger partial charge in [0.05, 0.1) is 12.7 Å². The molecule has 1 aromatic rings. The highest BCUT2D eigenvalue weighted by Gasteiger charge is 2.14. The van der Waals surface area contributed by atoms with Crippen LogP contribution in [-0.4, -0.2) is 24.2 Å². The first kappa shape index (κ1) is 11.9. The van der Waals surface area contributed by atoms with Crippen molar-refractivity contribution in [2.45, 2.75) is 31.8 Å². The van der Waals surface area contributed by atoms with Crippen molar-refractivity contribution in [3.8, 4) is 6.07 Å². The molecule has 0 saturated heterocycles. The van der Waals surface area contributed by atoms with E-state index in [1.165, 1.54) is 25.7 Å². The molecule has 0 aromatic carbocycles. The molecule has 1 heterocycles. The Bertz CT molecular complexity index is 394. The maximum absolute atomic E-state index is 8.71. The van der Waals surface area contributed by atoms with Crippen molar-refractivity contribution in [1.29, 1.82) is 5.26 Å². The summed E-state index contributed by atoms with van der Waals surface area (Å²) >= 11 is 0. The molecule has 0 spiro atoms. The molecular weight excluding hydrogens is 214 g/mol. The fourth-order valence-corrected chi connectivity index (χ4v) is 2.08. The van der Waals surface area contributed by atoms with Crippen LogP contribution in [-0.2, 0) is 4.74 Å². The van der Waals surface area contributed by atoms with E-state index < -0.39 is 0 Å². The molecule has 0 amide bonds. The molecule has 4 nitrogen and oxygen atoms in total. The number of hydrogen-bond acceptors (Lipinski definition) is 4. The molecule has 4 heteroatoms. The van der Waals surface area contributed by atoms with Crippen LogP contribution >= 0.6 is 0 Å². The van der Waals surface area contributed by atoms with Crippen molar-refractivity contribution < 1.29 is 4.74 Å². The van der Waals surface area contributed by atoms with Gasteiger partial charge >= 0.3 is 0 Å². The largest absolute Gasteiger partial charge is 0.383 e. The molecule has 17 heavy (non-hydrogen) atoms. The number of rotatable bonds is 5. The molecule has 0 radical (unpaired) electrons. The van der Waals surface area contributed by atoms with E-state index >= 15 is 0 Å². The summed E-state index contributed by atoms with van der Waals surface area (Å²) in [6.45, 7) is 1.49. The summed E-state index contributed by atoms with van der Waals surface area (Å²) in [5.74, 6) is 0. The number of nitriles is 1. The highest BCUT2D eigenvalue weighted by molar-refractivity contribution is 5.45. The first-order valence-corrected chi connectivity index (χ1v) is 6.10. The SMILES string of the molecule is N#Cc1cc(NCCOC2CCCC2)ccn1. The maximum Gasteiger partial charge on any atom is 0.142 e. The van der Waals surface area contributed by atoms with Gasteiger partial charge in [0.1, 0.15) is 11.8 Å². The van der Waals surface area contributed by atoms with Crippen molar-refractivity contribution >= 4 is 5.69 Å². The lowest BCUT2D eigenvalue weighted by Gasteiger charge is -2.12. The van der Waals surface area contributed by atoms with Crippen LogP contribution in [0.25, 0.3) is 0 Å². The number of nitrogens with one attached hydrogen (secondary N) is 1. The Kier molecular flexibility index (Phi) is 4.34. The van der Waals surface area contributed by atoms with Crippen LogP contribution in [0.15, 0.2) is 18.3 Å². The minimum Gasteiger partial charge on any atom is -0.383 e. The maximum atomic E-state index is 8.71. The highest BCUT2D eigenvalue weighted by atomic mass is 16.5. The zero-order valence-electron chi connectivity index (χ0n) is 9.85. The molecule has 0 bridgehead atoms. The van der Waals surface area contributed by atoms with Gasteiger partial charge in [0, 0.05) is 18.4 Å². The second-order valence-electron chi connectivity index (χ2n) is 4.25. The molecule has 1 fully saturated rings. The third kappa shape index (κ3) is 3.72. The predicted molar refractivity (Wildman–Crippen MR) is 65.6 cm³/mol. The fourth-order valence-electron chi connectivity index (χ4n) is 2.08. The average Bonchev–Trinajstić information content (AvgIpc) is 2.88. The van der Waals surface area contributed by atoms with Crippen molar-refractivity contribution in [2.24, 2.45) is 0 Å². The van der Waals surface area contributed by atoms with Gasteiger partial charge in [-0.25, -0.2) is 4.98 Å². The van der Waals surface area contributed by atoms with E-state index in [1.54, 1.807) is 12.3 Å². The average molecular weight is 231 g/mol. The molecule has 1 saturated carbocycles. The van der Waals surface area contributed by atoms with Gasteiger partial charge in [-0.2, -0.15) is 5.26 Å². The zero-order valence-corrected chi connectivity index (χ0v) is 9.85. The van der Waals surface area contributed by atoms with Gasteiger partial charge in [-0.1, -0.05) is 12.8 Å². The molecule has 1 aliphatic carbocycles. The van der Waals surface area contributed by atoms with Gasteiger partial charge in [0.25, 0.3) is 0 Å². The van der Waals surface area contributed by atoms with E-state index in [1.807, 2.05) is 12.1 Å². The predicted octanol–water partition coefficient (Wildman–Crippen LogP) is 2.32. The molecular formula is C13H17N3O. The fraction of sp³-hybridized carbons (Fsp3) is 0.538. The van der Waals surface area contributed by atoms with E-state index in [4.69, 9.17) is 10.00 Å². The second-order valence-corrected chi connectivity index (χ2v) is 4.25. The van der Waals surface area contributed by atoms with Gasteiger partial charge in [-0.15, -0.1) is 0 Å². The number of aromatic nitrogens is 1. The summed E-state index contributed by atoms with van der Waals surface area (Å²) in [5.41, 5.74) is 1.36. The molecule has 1 N–H and O–H groups in total. The quantitative estimate of drug-likeness (QED) is 0.790. The standard InChI is InChI=1S/C13H17N3O/c14-10-12-9-11(5-6-15-12)16-7-8-17-13-3-1-2-4-13/h5-6,9,13H,1-4,7-8H2,(H,15,16). The lowest BCUT2D eigenvalue weighted by molar-refractivity contribution is 0.0659. The van der Waals surface area contributed by atoms with Gasteiger partial charge < -0.3 is 10.1 Å². The first-order valence-electron chi connectivity index (χ1n) is 6.10. The number of pyridine rings is 1. The van der Waals surface area contributed by atoms with E-state index in [9.17, 15) is 0 Å². The molecule has 0 aliphatic heterocycles. The van der Waals surface area contributed by atoms with Crippen LogP contribution in [0.5, 0.6) is 0 Å². The summed E-state index contributed by atoms with van der Waals surface area (Å²) in [5, 5.41) is 11.9. The zero-order chi connectivity index (χ0) is 11.9. The van der Waals surface area contributed by atoms with Crippen LogP contribution in [0.4, 0.5) is 5.69 Å². The van der Waals surface area contributed by atoms with Crippen LogP contribution in [0.2, 0.25) is 0 Å². The number of ether oxygens (including phenoxy) is 1. The Morgan fingerprint density at radius 2 is 2.29 bits per heavy atom. The number of anilines is 1. The Morgan fingerprint density at radius 1 is 1.47 bits per heavy atom. The van der Waals surface area contributed by atoms with Crippen molar-refractivity contribution in [2.75, 3.05) is 18.5 Å². The third-order valence-corrected chi connectivity index (χ3v) is 2.96. The van der Waals surface area contributed by atoms with Gasteiger partial charge in [0.2, 0.25) is 0 Å². The third-order valence-electron chi connectivity index (χ3n) is 2.96. The lowest BCUT2D eigenvalue weighted by Crippen LogP contribution is -2.15. The first-order chi connectivity index (χ1) is 8.38. The van der Waals surface area contributed by atoms with E-state index in [0.717, 1.165) is 18.8 Å². The van der Waals surface area contributed by atoms with E-state index in [2.05, 4.69) is 10.3 Å². The van der Waals surface area contributed by atoms with Crippen molar-refractivity contribution in [3.63, 3.8) is 0 Å². The molecule has 1 aliphatic rings.